The van der Waals surface area contributed by atoms with Crippen molar-refractivity contribution in [2.75, 3.05) is 13.2 Å². The zero-order chi connectivity index (χ0) is 24.5. The number of nitrogens with one attached hydrogen (secondary N) is 2. The van der Waals surface area contributed by atoms with E-state index in [1.54, 1.807) is 24.3 Å². The van der Waals surface area contributed by atoms with Gasteiger partial charge >= 0.3 is 5.97 Å². The molecular weight excluding hydrogens is 462 g/mol. The molecule has 34 heavy (non-hydrogen) atoms. The predicted molar refractivity (Wildman–Crippen MR) is 124 cm³/mol. The minimum atomic E-state index is -0.836. The lowest BCUT2D eigenvalue weighted by atomic mass is 9.99. The second kappa shape index (κ2) is 11.6. The van der Waals surface area contributed by atoms with Crippen LogP contribution in [0.25, 0.3) is 0 Å². The fourth-order valence-corrected chi connectivity index (χ4v) is 3.20. The van der Waals surface area contributed by atoms with E-state index in [0.29, 0.717) is 5.02 Å². The van der Waals surface area contributed by atoms with Crippen molar-refractivity contribution in [3.63, 3.8) is 0 Å². The molecule has 0 saturated heterocycles. The van der Waals surface area contributed by atoms with Crippen LogP contribution in [0.2, 0.25) is 5.02 Å². The quantitative estimate of drug-likeness (QED) is 0.274. The highest BCUT2D eigenvalue weighted by atomic mass is 35.5. The topological polar surface area (TPSA) is 128 Å². The molecule has 174 valence electrons. The average Bonchev–Trinajstić information content (AvgIpc) is 2.85. The molecule has 3 aromatic carbocycles. The van der Waals surface area contributed by atoms with Gasteiger partial charge in [0.25, 0.3) is 17.5 Å². The summed E-state index contributed by atoms with van der Waals surface area (Å²) in [6.07, 6.45) is 0. The Bertz CT molecular complexity index is 1180. The summed E-state index contributed by atoms with van der Waals surface area (Å²) in [4.78, 5) is 46.8. The molecule has 0 aliphatic carbocycles. The third-order valence-electron chi connectivity index (χ3n) is 4.72. The van der Waals surface area contributed by atoms with Gasteiger partial charge in [0.1, 0.15) is 6.54 Å². The zero-order valence-corrected chi connectivity index (χ0v) is 18.5. The lowest BCUT2D eigenvalue weighted by molar-refractivity contribution is -0.384. The SMILES string of the molecule is O=C(COC(=O)CNC(=O)c1cccc([N+](=O)[O-])c1)NC(c1ccccc1)c1ccc(Cl)cc1. The second-order valence-electron chi connectivity index (χ2n) is 7.11. The van der Waals surface area contributed by atoms with Crippen molar-refractivity contribution in [3.8, 4) is 0 Å². The number of benzene rings is 3. The number of carbonyl (C=O) groups excluding carboxylic acids is 3. The first-order valence-corrected chi connectivity index (χ1v) is 10.5. The number of esters is 1. The van der Waals surface area contributed by atoms with E-state index in [0.717, 1.165) is 17.2 Å². The van der Waals surface area contributed by atoms with Crippen molar-refractivity contribution >= 4 is 35.1 Å². The summed E-state index contributed by atoms with van der Waals surface area (Å²) >= 11 is 5.96. The highest BCUT2D eigenvalue weighted by Crippen LogP contribution is 2.23. The number of nitro benzene ring substituents is 1. The number of carbonyl (C=O) groups is 3. The van der Waals surface area contributed by atoms with Gasteiger partial charge in [0.15, 0.2) is 6.61 Å². The largest absolute Gasteiger partial charge is 0.454 e. The summed E-state index contributed by atoms with van der Waals surface area (Å²) in [5, 5.41) is 16.5. The van der Waals surface area contributed by atoms with E-state index in [9.17, 15) is 24.5 Å². The fraction of sp³-hybridized carbons (Fsp3) is 0.125. The van der Waals surface area contributed by atoms with Crippen molar-refractivity contribution in [1.82, 2.24) is 10.6 Å². The minimum absolute atomic E-state index is 0.0217. The van der Waals surface area contributed by atoms with Crippen LogP contribution in [-0.2, 0) is 14.3 Å². The van der Waals surface area contributed by atoms with Gasteiger partial charge in [-0.05, 0) is 29.3 Å². The van der Waals surface area contributed by atoms with Crippen LogP contribution in [0.5, 0.6) is 0 Å². The molecule has 0 saturated carbocycles. The first kappa shape index (κ1) is 24.4. The van der Waals surface area contributed by atoms with E-state index in [1.165, 1.54) is 18.2 Å². The summed E-state index contributed by atoms with van der Waals surface area (Å²) < 4.78 is 4.95. The summed E-state index contributed by atoms with van der Waals surface area (Å²) in [6.45, 7) is -1.06. The maximum absolute atomic E-state index is 12.5. The molecule has 3 rings (SSSR count). The average molecular weight is 482 g/mol. The summed E-state index contributed by atoms with van der Waals surface area (Å²) in [6, 6.07) is 20.8. The van der Waals surface area contributed by atoms with Crippen molar-refractivity contribution in [2.24, 2.45) is 0 Å². The van der Waals surface area contributed by atoms with E-state index in [2.05, 4.69) is 10.6 Å². The Labute approximate surface area is 199 Å². The van der Waals surface area contributed by atoms with Crippen LogP contribution in [0.4, 0.5) is 5.69 Å². The Morgan fingerprint density at radius 1 is 0.941 bits per heavy atom. The molecule has 0 radical (unpaired) electrons. The summed E-state index contributed by atoms with van der Waals surface area (Å²) in [5.74, 6) is -2.06. The molecule has 0 bridgehead atoms. The monoisotopic (exact) mass is 481 g/mol. The number of rotatable bonds is 9. The highest BCUT2D eigenvalue weighted by molar-refractivity contribution is 6.30. The van der Waals surface area contributed by atoms with Crippen LogP contribution >= 0.6 is 11.6 Å². The molecule has 0 aromatic heterocycles. The van der Waals surface area contributed by atoms with E-state index < -0.39 is 41.9 Å². The molecule has 1 atom stereocenters. The van der Waals surface area contributed by atoms with Gasteiger partial charge in [-0.2, -0.15) is 0 Å². The first-order chi connectivity index (χ1) is 16.3. The van der Waals surface area contributed by atoms with Crippen LogP contribution < -0.4 is 10.6 Å². The van der Waals surface area contributed by atoms with Gasteiger partial charge in [-0.1, -0.05) is 60.1 Å². The number of hydrogen-bond acceptors (Lipinski definition) is 6. The van der Waals surface area contributed by atoms with E-state index in [-0.39, 0.29) is 11.3 Å². The number of halogens is 1. The molecule has 0 spiro atoms. The molecule has 3 aromatic rings. The van der Waals surface area contributed by atoms with Crippen LogP contribution in [-0.4, -0.2) is 35.9 Å². The summed E-state index contributed by atoms with van der Waals surface area (Å²) in [7, 11) is 0. The van der Waals surface area contributed by atoms with E-state index in [4.69, 9.17) is 16.3 Å². The molecular formula is C24H20ClN3O6. The highest BCUT2D eigenvalue weighted by Gasteiger charge is 2.18. The van der Waals surface area contributed by atoms with E-state index >= 15 is 0 Å². The van der Waals surface area contributed by atoms with E-state index in [1.807, 2.05) is 30.3 Å². The molecule has 0 aliphatic heterocycles. The third kappa shape index (κ3) is 6.88. The van der Waals surface area contributed by atoms with Gasteiger partial charge in [0.05, 0.1) is 11.0 Å². The number of hydrogen-bond donors (Lipinski definition) is 2. The number of ether oxygens (including phenoxy) is 1. The maximum Gasteiger partial charge on any atom is 0.325 e. The number of nitrogens with zero attached hydrogens (tertiary/aromatic N) is 1. The van der Waals surface area contributed by atoms with Crippen molar-refractivity contribution in [2.45, 2.75) is 6.04 Å². The first-order valence-electron chi connectivity index (χ1n) is 10.1. The molecule has 1 unspecified atom stereocenters. The Balaban J connectivity index is 1.54. The van der Waals surface area contributed by atoms with Crippen LogP contribution in [0, 0.1) is 10.1 Å². The predicted octanol–water partition coefficient (Wildman–Crippen LogP) is 3.43. The second-order valence-corrected chi connectivity index (χ2v) is 7.55. The van der Waals surface area contributed by atoms with Crippen LogP contribution in [0.1, 0.15) is 27.5 Å². The van der Waals surface area contributed by atoms with Crippen molar-refractivity contribution in [1.29, 1.82) is 0 Å². The third-order valence-corrected chi connectivity index (χ3v) is 4.97. The van der Waals surface area contributed by atoms with Crippen LogP contribution in [0.3, 0.4) is 0 Å². The molecule has 2 N–H and O–H groups in total. The van der Waals surface area contributed by atoms with Gasteiger partial charge in [0.2, 0.25) is 0 Å². The van der Waals surface area contributed by atoms with Gasteiger partial charge in [-0.3, -0.25) is 24.5 Å². The van der Waals surface area contributed by atoms with Gasteiger partial charge in [0, 0.05) is 22.7 Å². The van der Waals surface area contributed by atoms with Gasteiger partial charge < -0.3 is 15.4 Å². The standard InChI is InChI=1S/C24H20ClN3O6/c25-19-11-9-17(10-12-19)23(16-5-2-1-3-6-16)27-21(29)15-34-22(30)14-26-24(31)18-7-4-8-20(13-18)28(32)33/h1-13,23H,14-15H2,(H,26,31)(H,27,29). The van der Waals surface area contributed by atoms with Crippen LogP contribution in [0.15, 0.2) is 78.9 Å². The normalized spacial score (nSPS) is 11.2. The zero-order valence-electron chi connectivity index (χ0n) is 17.8. The molecule has 0 aliphatic rings. The molecule has 0 heterocycles. The maximum atomic E-state index is 12.5. The van der Waals surface area contributed by atoms with Gasteiger partial charge in [-0.25, -0.2) is 0 Å². The Morgan fingerprint density at radius 2 is 1.62 bits per heavy atom. The Morgan fingerprint density at radius 3 is 2.29 bits per heavy atom. The lowest BCUT2D eigenvalue weighted by Gasteiger charge is -2.20. The van der Waals surface area contributed by atoms with Crippen molar-refractivity contribution < 1.29 is 24.0 Å². The summed E-state index contributed by atoms with van der Waals surface area (Å²) in [5.41, 5.74) is 1.39. The Hall–Kier alpha value is -4.24. The van der Waals surface area contributed by atoms with Crippen molar-refractivity contribution in [3.05, 3.63) is 111 Å². The van der Waals surface area contributed by atoms with Gasteiger partial charge in [-0.15, -0.1) is 0 Å². The molecule has 9 nitrogen and oxygen atoms in total. The number of non-ortho nitro benzene ring substituents is 1. The lowest BCUT2D eigenvalue weighted by Crippen LogP contribution is -2.35. The molecule has 10 heteroatoms. The fourth-order valence-electron chi connectivity index (χ4n) is 3.07. The minimum Gasteiger partial charge on any atom is -0.454 e. The number of amides is 2. The number of nitro groups is 1. The Kier molecular flexibility index (Phi) is 8.31. The molecule has 2 amide bonds. The smallest absolute Gasteiger partial charge is 0.325 e. The molecule has 0 fully saturated rings.